The summed E-state index contributed by atoms with van der Waals surface area (Å²) < 4.78 is 7.44. The first-order chi connectivity index (χ1) is 14.6. The zero-order chi connectivity index (χ0) is 20.7. The van der Waals surface area contributed by atoms with Gasteiger partial charge in [0.2, 0.25) is 17.7 Å². The van der Waals surface area contributed by atoms with Crippen LogP contribution in [0.5, 0.6) is 5.88 Å². The van der Waals surface area contributed by atoms with Crippen LogP contribution in [-0.2, 0) is 4.79 Å². The fourth-order valence-electron chi connectivity index (χ4n) is 4.05. The molecule has 1 saturated heterocycles. The summed E-state index contributed by atoms with van der Waals surface area (Å²) in [5.74, 6) is 1.18. The molecule has 0 radical (unpaired) electrons. The Morgan fingerprint density at radius 2 is 2.10 bits per heavy atom. The lowest BCUT2D eigenvalue weighted by molar-refractivity contribution is -0.129. The van der Waals surface area contributed by atoms with E-state index < -0.39 is 0 Å². The third-order valence-electron chi connectivity index (χ3n) is 5.68. The fourth-order valence-corrected chi connectivity index (χ4v) is 4.05. The van der Waals surface area contributed by atoms with E-state index in [1.165, 1.54) is 0 Å². The molecule has 0 aliphatic carbocycles. The first-order valence-electron chi connectivity index (χ1n) is 10.0. The average Bonchev–Trinajstić information content (AvgIpc) is 3.39. The number of aromatic amines is 1. The van der Waals surface area contributed by atoms with Crippen molar-refractivity contribution in [2.75, 3.05) is 25.5 Å². The molecule has 1 fully saturated rings. The maximum absolute atomic E-state index is 11.5. The molecule has 5 rings (SSSR count). The summed E-state index contributed by atoms with van der Waals surface area (Å²) in [4.78, 5) is 25.9. The molecule has 1 aliphatic heterocycles. The van der Waals surface area contributed by atoms with Crippen LogP contribution in [-0.4, -0.2) is 61.6 Å². The Kier molecular flexibility index (Phi) is 4.50. The van der Waals surface area contributed by atoms with E-state index in [-0.39, 0.29) is 11.9 Å². The number of carbonyl (C=O) groups excluding carboxylic acids is 1. The van der Waals surface area contributed by atoms with Gasteiger partial charge in [-0.15, -0.1) is 0 Å². The number of pyridine rings is 1. The van der Waals surface area contributed by atoms with Crippen LogP contribution in [0, 0.1) is 0 Å². The summed E-state index contributed by atoms with van der Waals surface area (Å²) in [5, 5.41) is 8.50. The summed E-state index contributed by atoms with van der Waals surface area (Å²) >= 11 is 0. The van der Waals surface area contributed by atoms with Gasteiger partial charge >= 0.3 is 0 Å². The van der Waals surface area contributed by atoms with Crippen LogP contribution in [0.25, 0.3) is 27.7 Å². The highest BCUT2D eigenvalue weighted by Crippen LogP contribution is 2.34. The van der Waals surface area contributed by atoms with E-state index in [0.717, 1.165) is 48.0 Å². The first-order valence-corrected chi connectivity index (χ1v) is 10.0. The van der Waals surface area contributed by atoms with Gasteiger partial charge in [0.1, 0.15) is 5.65 Å². The van der Waals surface area contributed by atoms with E-state index in [9.17, 15) is 4.79 Å². The molecule has 2 N–H and O–H groups in total. The predicted molar refractivity (Wildman–Crippen MR) is 114 cm³/mol. The average molecular weight is 405 g/mol. The molecule has 4 aromatic heterocycles. The van der Waals surface area contributed by atoms with Crippen molar-refractivity contribution in [2.24, 2.45) is 0 Å². The van der Waals surface area contributed by atoms with Crippen LogP contribution in [0.1, 0.15) is 19.8 Å². The lowest BCUT2D eigenvalue weighted by Crippen LogP contribution is -2.41. The largest absolute Gasteiger partial charge is 0.480 e. The Bertz CT molecular complexity index is 1220. The van der Waals surface area contributed by atoms with Crippen LogP contribution in [0.3, 0.4) is 0 Å². The summed E-state index contributed by atoms with van der Waals surface area (Å²) in [7, 11) is 1.62. The number of ether oxygens (including phenoxy) is 1. The molecular formula is C21H23N7O2. The number of carbonyl (C=O) groups is 1. The van der Waals surface area contributed by atoms with Gasteiger partial charge < -0.3 is 19.9 Å². The molecule has 0 spiro atoms. The molecular weight excluding hydrogens is 382 g/mol. The highest BCUT2D eigenvalue weighted by molar-refractivity contribution is 5.98. The van der Waals surface area contributed by atoms with E-state index in [2.05, 4.69) is 31.4 Å². The van der Waals surface area contributed by atoms with Gasteiger partial charge in [0.05, 0.1) is 18.0 Å². The highest BCUT2D eigenvalue weighted by Gasteiger charge is 2.22. The third kappa shape index (κ3) is 3.22. The number of hydrogen-bond acceptors (Lipinski definition) is 6. The number of piperidine rings is 1. The number of likely N-dealkylation sites (tertiary alicyclic amines) is 1. The Labute approximate surface area is 173 Å². The van der Waals surface area contributed by atoms with Crippen molar-refractivity contribution in [1.29, 1.82) is 0 Å². The maximum Gasteiger partial charge on any atom is 0.228 e. The van der Waals surface area contributed by atoms with E-state index in [1.807, 2.05) is 33.9 Å². The Morgan fingerprint density at radius 3 is 2.87 bits per heavy atom. The van der Waals surface area contributed by atoms with Crippen LogP contribution in [0.4, 0.5) is 5.95 Å². The summed E-state index contributed by atoms with van der Waals surface area (Å²) in [6, 6.07) is 6.27. The number of amides is 1. The van der Waals surface area contributed by atoms with Gasteiger partial charge in [-0.05, 0) is 36.6 Å². The molecule has 0 unspecified atom stereocenters. The second kappa shape index (κ2) is 7.33. The summed E-state index contributed by atoms with van der Waals surface area (Å²) in [6.07, 6.45) is 7.37. The lowest BCUT2D eigenvalue weighted by Gasteiger charge is -2.31. The molecule has 5 heterocycles. The standard InChI is InChI=1S/C21H23N7O2/c1-13(29)27-8-5-15(6-9-27)24-21-25-19-18(20(26-21)30-2)17(12-22-19)14-4-10-28-16(11-14)3-7-23-28/h3-4,7,10-12,15H,5-6,8-9H2,1-2H3,(H2,22,24,25,26). The topological polar surface area (TPSA) is 100 Å². The van der Waals surface area contributed by atoms with Crippen molar-refractivity contribution >= 4 is 28.4 Å². The van der Waals surface area contributed by atoms with E-state index >= 15 is 0 Å². The Hall–Kier alpha value is -3.62. The molecule has 30 heavy (non-hydrogen) atoms. The van der Waals surface area contributed by atoms with Gasteiger partial charge in [0.15, 0.2) is 0 Å². The maximum atomic E-state index is 11.5. The second-order valence-corrected chi connectivity index (χ2v) is 7.52. The molecule has 1 aliphatic rings. The third-order valence-corrected chi connectivity index (χ3v) is 5.68. The quantitative estimate of drug-likeness (QED) is 0.541. The Morgan fingerprint density at radius 1 is 1.27 bits per heavy atom. The molecule has 9 nitrogen and oxygen atoms in total. The number of nitrogens with one attached hydrogen (secondary N) is 2. The molecule has 1 amide bonds. The molecule has 9 heteroatoms. The van der Waals surface area contributed by atoms with Gasteiger partial charge in [-0.1, -0.05) is 0 Å². The van der Waals surface area contributed by atoms with Gasteiger partial charge in [-0.3, -0.25) is 4.79 Å². The monoisotopic (exact) mass is 405 g/mol. The smallest absolute Gasteiger partial charge is 0.228 e. The lowest BCUT2D eigenvalue weighted by atomic mass is 10.1. The molecule has 0 saturated carbocycles. The van der Waals surface area contributed by atoms with Gasteiger partial charge in [0, 0.05) is 50.2 Å². The zero-order valence-electron chi connectivity index (χ0n) is 16.9. The SMILES string of the molecule is COc1nc(NC2CCN(C(C)=O)CC2)nc2[nH]cc(-c3ccn4nccc4c3)c12. The molecule has 0 bridgehead atoms. The van der Waals surface area contributed by atoms with Gasteiger partial charge in [-0.2, -0.15) is 15.1 Å². The van der Waals surface area contributed by atoms with Crippen molar-refractivity contribution in [1.82, 2.24) is 29.5 Å². The van der Waals surface area contributed by atoms with Gasteiger partial charge in [-0.25, -0.2) is 4.52 Å². The molecule has 154 valence electrons. The zero-order valence-corrected chi connectivity index (χ0v) is 16.9. The number of anilines is 1. The minimum absolute atomic E-state index is 0.126. The number of hydrogen-bond donors (Lipinski definition) is 2. The van der Waals surface area contributed by atoms with Crippen molar-refractivity contribution in [2.45, 2.75) is 25.8 Å². The number of H-pyrrole nitrogens is 1. The normalized spacial score (nSPS) is 15.1. The summed E-state index contributed by atoms with van der Waals surface area (Å²) in [5.41, 5.74) is 3.74. The fraction of sp³-hybridized carbons (Fsp3) is 0.333. The van der Waals surface area contributed by atoms with Crippen molar-refractivity contribution in [3.8, 4) is 17.0 Å². The molecule has 0 atom stereocenters. The number of aromatic nitrogens is 5. The van der Waals surface area contributed by atoms with E-state index in [1.54, 1.807) is 20.2 Å². The van der Waals surface area contributed by atoms with Crippen molar-refractivity contribution in [3.63, 3.8) is 0 Å². The first kappa shape index (κ1) is 18.4. The van der Waals surface area contributed by atoms with Gasteiger partial charge in [0.25, 0.3) is 0 Å². The number of nitrogens with zero attached hydrogens (tertiary/aromatic N) is 5. The van der Waals surface area contributed by atoms with Crippen LogP contribution in [0.15, 0.2) is 36.8 Å². The summed E-state index contributed by atoms with van der Waals surface area (Å²) in [6.45, 7) is 3.11. The van der Waals surface area contributed by atoms with Crippen LogP contribution >= 0.6 is 0 Å². The van der Waals surface area contributed by atoms with Crippen LogP contribution in [0.2, 0.25) is 0 Å². The number of methoxy groups -OCH3 is 1. The molecule has 4 aromatic rings. The van der Waals surface area contributed by atoms with Crippen molar-refractivity contribution in [3.05, 3.63) is 36.8 Å². The Balaban J connectivity index is 1.45. The second-order valence-electron chi connectivity index (χ2n) is 7.52. The highest BCUT2D eigenvalue weighted by atomic mass is 16.5. The number of rotatable bonds is 4. The molecule has 0 aromatic carbocycles. The minimum atomic E-state index is 0.126. The number of fused-ring (bicyclic) bond motifs is 2. The van der Waals surface area contributed by atoms with Crippen molar-refractivity contribution < 1.29 is 9.53 Å². The van der Waals surface area contributed by atoms with E-state index in [0.29, 0.717) is 17.5 Å². The predicted octanol–water partition coefficient (Wildman–Crippen LogP) is 2.70. The van der Waals surface area contributed by atoms with E-state index in [4.69, 9.17) is 4.74 Å². The minimum Gasteiger partial charge on any atom is -0.480 e. The van der Waals surface area contributed by atoms with Crippen LogP contribution < -0.4 is 10.1 Å².